The summed E-state index contributed by atoms with van der Waals surface area (Å²) in [7, 11) is 0. The highest BCUT2D eigenvalue weighted by molar-refractivity contribution is 5.66. The van der Waals surface area contributed by atoms with E-state index in [1.165, 1.54) is 12.1 Å². The molecule has 1 aromatic carbocycles. The predicted octanol–water partition coefficient (Wildman–Crippen LogP) is 1.94. The van der Waals surface area contributed by atoms with Gasteiger partial charge >= 0.3 is 0 Å². The van der Waals surface area contributed by atoms with E-state index in [0.717, 1.165) is 0 Å². The van der Waals surface area contributed by atoms with E-state index in [9.17, 15) is 18.9 Å². The first-order chi connectivity index (χ1) is 7.87. The minimum Gasteiger partial charge on any atom is -0.390 e. The smallest absolute Gasteiger partial charge is 0.292 e. The average Bonchev–Trinajstić information content (AvgIpc) is 2.27. The number of alkyl halides is 2. The van der Waals surface area contributed by atoms with Crippen molar-refractivity contribution in [1.82, 2.24) is 0 Å². The molecule has 0 bridgehead atoms. The lowest BCUT2D eigenvalue weighted by molar-refractivity contribution is -0.384. The second kappa shape index (κ2) is 5.05. The molecule has 0 heterocycles. The molecule has 0 atom stereocenters. The number of hydrogen-bond acceptors (Lipinski definition) is 4. The molecule has 0 radical (unpaired) electrons. The zero-order chi connectivity index (χ0) is 13.1. The van der Waals surface area contributed by atoms with Crippen LogP contribution >= 0.6 is 0 Å². The molecule has 1 aromatic rings. The number of para-hydroxylation sites is 1. The van der Waals surface area contributed by atoms with Gasteiger partial charge in [0.1, 0.15) is 12.3 Å². The first-order valence-corrected chi connectivity index (χ1v) is 4.84. The van der Waals surface area contributed by atoms with Crippen molar-refractivity contribution in [2.75, 3.05) is 18.5 Å². The molecular formula is C10H12F2N2O3. The zero-order valence-corrected chi connectivity index (χ0v) is 9.11. The molecule has 0 aliphatic heterocycles. The number of nitrogens with one attached hydrogen (secondary N) is 1. The van der Waals surface area contributed by atoms with Gasteiger partial charge in [-0.1, -0.05) is 12.1 Å². The number of rotatable bonds is 5. The molecule has 0 amide bonds. The summed E-state index contributed by atoms with van der Waals surface area (Å²) in [6.07, 6.45) is 0. The van der Waals surface area contributed by atoms with Crippen molar-refractivity contribution in [1.29, 1.82) is 0 Å². The minimum absolute atomic E-state index is 0.0469. The highest BCUT2D eigenvalue weighted by atomic mass is 19.3. The number of nitro groups is 1. The van der Waals surface area contributed by atoms with Crippen molar-refractivity contribution in [2.24, 2.45) is 0 Å². The Labute approximate surface area is 96.2 Å². The highest BCUT2D eigenvalue weighted by Gasteiger charge is 2.28. The van der Waals surface area contributed by atoms with Gasteiger partial charge in [0, 0.05) is 6.07 Å². The number of aryl methyl sites for hydroxylation is 1. The largest absolute Gasteiger partial charge is 0.390 e. The molecule has 0 saturated carbocycles. The summed E-state index contributed by atoms with van der Waals surface area (Å²) in [5.41, 5.74) is 0.275. The predicted molar refractivity (Wildman–Crippen MR) is 58.4 cm³/mol. The number of anilines is 1. The van der Waals surface area contributed by atoms with Crippen LogP contribution in [0.25, 0.3) is 0 Å². The monoisotopic (exact) mass is 246 g/mol. The van der Waals surface area contributed by atoms with Gasteiger partial charge < -0.3 is 10.4 Å². The summed E-state index contributed by atoms with van der Waals surface area (Å²) >= 11 is 0. The quantitative estimate of drug-likeness (QED) is 0.615. The standard InChI is InChI=1S/C10H12F2N2O3/c1-7-3-2-4-8(14(16)17)9(7)13-5-10(11,12)6-15/h2-4,13,15H,5-6H2,1H3. The highest BCUT2D eigenvalue weighted by Crippen LogP contribution is 2.28. The summed E-state index contributed by atoms with van der Waals surface area (Å²) in [5.74, 6) is -3.31. The van der Waals surface area contributed by atoms with Crippen LogP contribution < -0.4 is 5.32 Å². The van der Waals surface area contributed by atoms with Crippen LogP contribution in [0, 0.1) is 17.0 Å². The van der Waals surface area contributed by atoms with Crippen LogP contribution in [0.4, 0.5) is 20.2 Å². The maximum atomic E-state index is 12.8. The molecule has 0 aromatic heterocycles. The Balaban J connectivity index is 2.94. The Morgan fingerprint density at radius 1 is 1.53 bits per heavy atom. The van der Waals surface area contributed by atoms with Crippen LogP contribution in [-0.4, -0.2) is 29.1 Å². The van der Waals surface area contributed by atoms with Gasteiger partial charge in [0.2, 0.25) is 0 Å². The Morgan fingerprint density at radius 3 is 2.71 bits per heavy atom. The number of nitrogens with zero attached hydrogens (tertiary/aromatic N) is 1. The van der Waals surface area contributed by atoms with Gasteiger partial charge in [-0.3, -0.25) is 10.1 Å². The Bertz CT molecular complexity index is 424. The van der Waals surface area contributed by atoms with E-state index in [2.05, 4.69) is 5.32 Å². The van der Waals surface area contributed by atoms with Crippen LogP contribution in [0.2, 0.25) is 0 Å². The van der Waals surface area contributed by atoms with Gasteiger partial charge in [0.25, 0.3) is 11.6 Å². The van der Waals surface area contributed by atoms with Gasteiger partial charge in [-0.05, 0) is 12.5 Å². The van der Waals surface area contributed by atoms with Crippen LogP contribution in [-0.2, 0) is 0 Å². The summed E-state index contributed by atoms with van der Waals surface area (Å²) < 4.78 is 25.6. The zero-order valence-electron chi connectivity index (χ0n) is 9.11. The number of aliphatic hydroxyl groups excluding tert-OH is 1. The van der Waals surface area contributed by atoms with Crippen LogP contribution in [0.1, 0.15) is 5.56 Å². The van der Waals surface area contributed by atoms with Crippen molar-refractivity contribution < 1.29 is 18.8 Å². The molecule has 0 aliphatic rings. The van der Waals surface area contributed by atoms with Crippen molar-refractivity contribution in [3.63, 3.8) is 0 Å². The van der Waals surface area contributed by atoms with E-state index in [0.29, 0.717) is 5.56 Å². The normalized spacial score (nSPS) is 11.3. The molecule has 94 valence electrons. The third kappa shape index (κ3) is 3.35. The molecule has 0 unspecified atom stereocenters. The summed E-state index contributed by atoms with van der Waals surface area (Å²) in [6, 6.07) is 4.28. The summed E-state index contributed by atoms with van der Waals surface area (Å²) in [4.78, 5) is 10.1. The second-order valence-corrected chi connectivity index (χ2v) is 3.59. The Hall–Kier alpha value is -1.76. The van der Waals surface area contributed by atoms with E-state index >= 15 is 0 Å². The fourth-order valence-corrected chi connectivity index (χ4v) is 1.31. The van der Waals surface area contributed by atoms with E-state index in [-0.39, 0.29) is 11.4 Å². The first-order valence-electron chi connectivity index (χ1n) is 4.84. The molecule has 17 heavy (non-hydrogen) atoms. The molecular weight excluding hydrogens is 234 g/mol. The molecule has 0 saturated heterocycles. The number of benzene rings is 1. The van der Waals surface area contributed by atoms with Crippen molar-refractivity contribution in [3.8, 4) is 0 Å². The summed E-state index contributed by atoms with van der Waals surface area (Å²) in [5, 5.41) is 21.4. The van der Waals surface area contributed by atoms with Gasteiger partial charge in [-0.15, -0.1) is 0 Å². The fraction of sp³-hybridized carbons (Fsp3) is 0.400. The summed E-state index contributed by atoms with van der Waals surface area (Å²) in [6.45, 7) is -0.582. The molecule has 0 aliphatic carbocycles. The van der Waals surface area contributed by atoms with Crippen molar-refractivity contribution >= 4 is 11.4 Å². The Kier molecular flexibility index (Phi) is 3.95. The number of nitro benzene ring substituents is 1. The lowest BCUT2D eigenvalue weighted by atomic mass is 10.1. The average molecular weight is 246 g/mol. The molecule has 1 rings (SSSR count). The van der Waals surface area contributed by atoms with Crippen molar-refractivity contribution in [3.05, 3.63) is 33.9 Å². The number of aliphatic hydroxyl groups is 1. The van der Waals surface area contributed by atoms with Gasteiger partial charge in [0.05, 0.1) is 11.5 Å². The fourth-order valence-electron chi connectivity index (χ4n) is 1.31. The van der Waals surface area contributed by atoms with Crippen LogP contribution in [0.3, 0.4) is 0 Å². The minimum atomic E-state index is -3.31. The molecule has 7 heteroatoms. The lowest BCUT2D eigenvalue weighted by Gasteiger charge is -2.16. The lowest BCUT2D eigenvalue weighted by Crippen LogP contribution is -2.31. The number of halogens is 2. The van der Waals surface area contributed by atoms with Crippen molar-refractivity contribution in [2.45, 2.75) is 12.8 Å². The maximum Gasteiger partial charge on any atom is 0.292 e. The van der Waals surface area contributed by atoms with E-state index < -0.39 is 24.0 Å². The SMILES string of the molecule is Cc1cccc([N+](=O)[O-])c1NCC(F)(F)CO. The molecule has 2 N–H and O–H groups in total. The van der Waals surface area contributed by atoms with E-state index in [4.69, 9.17) is 5.11 Å². The van der Waals surface area contributed by atoms with Gasteiger partial charge in [0.15, 0.2) is 0 Å². The molecule has 5 nitrogen and oxygen atoms in total. The van der Waals surface area contributed by atoms with E-state index in [1.54, 1.807) is 13.0 Å². The van der Waals surface area contributed by atoms with Crippen LogP contribution in [0.5, 0.6) is 0 Å². The van der Waals surface area contributed by atoms with Crippen LogP contribution in [0.15, 0.2) is 18.2 Å². The second-order valence-electron chi connectivity index (χ2n) is 3.59. The molecule has 0 spiro atoms. The maximum absolute atomic E-state index is 12.8. The first kappa shape index (κ1) is 13.3. The topological polar surface area (TPSA) is 75.4 Å². The molecule has 0 fully saturated rings. The van der Waals surface area contributed by atoms with E-state index in [1.807, 2.05) is 0 Å². The van der Waals surface area contributed by atoms with Gasteiger partial charge in [-0.2, -0.15) is 0 Å². The Morgan fingerprint density at radius 2 is 2.18 bits per heavy atom. The third-order valence-corrected chi connectivity index (χ3v) is 2.20. The third-order valence-electron chi connectivity index (χ3n) is 2.20. The van der Waals surface area contributed by atoms with Gasteiger partial charge in [-0.25, -0.2) is 8.78 Å². The number of hydrogen-bond donors (Lipinski definition) is 2.